The third-order valence-electron chi connectivity index (χ3n) is 3.82. The molecule has 0 unspecified atom stereocenters. The fraction of sp³-hybridized carbons (Fsp3) is 0.278. The number of carbonyl (C=O) groups is 1. The van der Waals surface area contributed by atoms with Gasteiger partial charge in [0.05, 0.1) is 5.69 Å². The van der Waals surface area contributed by atoms with Crippen molar-refractivity contribution in [1.29, 1.82) is 0 Å². The lowest BCUT2D eigenvalue weighted by atomic mass is 9.79. The molecule has 0 aromatic heterocycles. The van der Waals surface area contributed by atoms with Gasteiger partial charge >= 0.3 is 0 Å². The number of ketones is 1. The summed E-state index contributed by atoms with van der Waals surface area (Å²) < 4.78 is 1.04. The van der Waals surface area contributed by atoms with Crippen LogP contribution in [0.4, 0.5) is 5.69 Å². The van der Waals surface area contributed by atoms with E-state index >= 15 is 0 Å². The molecule has 0 atom stereocenters. The van der Waals surface area contributed by atoms with Gasteiger partial charge in [-0.05, 0) is 44.6 Å². The second-order valence-corrected chi connectivity index (χ2v) is 7.22. The van der Waals surface area contributed by atoms with Gasteiger partial charge in [0.15, 0.2) is 5.78 Å². The van der Waals surface area contributed by atoms with Crippen molar-refractivity contribution in [2.75, 3.05) is 5.32 Å². The summed E-state index contributed by atoms with van der Waals surface area (Å²) in [5.41, 5.74) is 2.02. The Morgan fingerprint density at radius 2 is 1.86 bits per heavy atom. The van der Waals surface area contributed by atoms with E-state index in [4.69, 9.17) is 0 Å². The van der Waals surface area contributed by atoms with Crippen LogP contribution < -0.4 is 5.32 Å². The molecule has 0 saturated heterocycles. The molecular weight excluding hydrogens is 326 g/mol. The highest BCUT2D eigenvalue weighted by molar-refractivity contribution is 9.10. The van der Waals surface area contributed by atoms with Crippen molar-refractivity contribution >= 4 is 38.2 Å². The molecule has 1 aliphatic rings. The number of benzene rings is 2. The maximum atomic E-state index is 11.8. The van der Waals surface area contributed by atoms with Gasteiger partial charge in [-0.25, -0.2) is 0 Å². The minimum Gasteiger partial charge on any atom is -0.358 e. The monoisotopic (exact) mass is 343 g/mol. The third kappa shape index (κ3) is 3.03. The van der Waals surface area contributed by atoms with E-state index in [9.17, 15) is 4.79 Å². The fourth-order valence-electron chi connectivity index (χ4n) is 2.93. The Morgan fingerprint density at radius 1 is 1.10 bits per heavy atom. The molecular formula is C18H18BrNO. The lowest BCUT2D eigenvalue weighted by Crippen LogP contribution is -2.24. The van der Waals surface area contributed by atoms with Crippen molar-refractivity contribution < 1.29 is 4.79 Å². The van der Waals surface area contributed by atoms with Gasteiger partial charge < -0.3 is 5.32 Å². The first-order valence-corrected chi connectivity index (χ1v) is 7.92. The van der Waals surface area contributed by atoms with Crippen molar-refractivity contribution in [2.45, 2.75) is 26.7 Å². The zero-order chi connectivity index (χ0) is 15.0. The SMILES string of the molecule is CC1(C)CC(=O)C=C(Nc2ccc3ccccc3c2Br)C1. The molecule has 0 heterocycles. The van der Waals surface area contributed by atoms with Crippen LogP contribution in [0.15, 0.2) is 52.6 Å². The number of fused-ring (bicyclic) bond motifs is 1. The number of carbonyl (C=O) groups excluding carboxylic acids is 1. The maximum absolute atomic E-state index is 11.8. The van der Waals surface area contributed by atoms with Crippen LogP contribution >= 0.6 is 15.9 Å². The van der Waals surface area contributed by atoms with E-state index in [-0.39, 0.29) is 11.2 Å². The molecule has 3 rings (SSSR count). The molecule has 1 N–H and O–H groups in total. The van der Waals surface area contributed by atoms with E-state index in [2.05, 4.69) is 59.4 Å². The number of anilines is 1. The van der Waals surface area contributed by atoms with Gasteiger partial charge in [0.2, 0.25) is 0 Å². The van der Waals surface area contributed by atoms with E-state index in [1.807, 2.05) is 12.1 Å². The van der Waals surface area contributed by atoms with Crippen LogP contribution in [0.3, 0.4) is 0 Å². The van der Waals surface area contributed by atoms with Crippen molar-refractivity contribution in [3.63, 3.8) is 0 Å². The lowest BCUT2D eigenvalue weighted by molar-refractivity contribution is -0.117. The number of halogens is 1. The molecule has 3 heteroatoms. The zero-order valence-corrected chi connectivity index (χ0v) is 13.8. The first kappa shape index (κ1) is 14.3. The van der Waals surface area contributed by atoms with E-state index in [0.717, 1.165) is 22.3 Å². The number of nitrogens with one attached hydrogen (secondary N) is 1. The Labute approximate surface area is 133 Å². The van der Waals surface area contributed by atoms with Gasteiger partial charge in [0.1, 0.15) is 0 Å². The van der Waals surface area contributed by atoms with E-state index < -0.39 is 0 Å². The topological polar surface area (TPSA) is 29.1 Å². The predicted molar refractivity (Wildman–Crippen MR) is 91.4 cm³/mol. The van der Waals surface area contributed by atoms with Gasteiger partial charge in [-0.2, -0.15) is 0 Å². The molecule has 2 aromatic rings. The number of rotatable bonds is 2. The van der Waals surface area contributed by atoms with E-state index in [1.54, 1.807) is 6.08 Å². The Bertz CT molecular complexity index is 746. The average molecular weight is 344 g/mol. The van der Waals surface area contributed by atoms with Crippen LogP contribution in [0.1, 0.15) is 26.7 Å². The maximum Gasteiger partial charge on any atom is 0.157 e. The predicted octanol–water partition coefficient (Wildman–Crippen LogP) is 5.29. The second kappa shape index (κ2) is 5.30. The molecule has 0 aliphatic heterocycles. The van der Waals surface area contributed by atoms with E-state index in [0.29, 0.717) is 6.42 Å². The molecule has 0 bridgehead atoms. The molecule has 0 fully saturated rings. The quantitative estimate of drug-likeness (QED) is 0.802. The van der Waals surface area contributed by atoms with Crippen LogP contribution in [0.2, 0.25) is 0 Å². The third-order valence-corrected chi connectivity index (χ3v) is 4.67. The van der Waals surface area contributed by atoms with Crippen LogP contribution in [0.5, 0.6) is 0 Å². The zero-order valence-electron chi connectivity index (χ0n) is 12.2. The molecule has 0 spiro atoms. The molecule has 2 nitrogen and oxygen atoms in total. The molecule has 21 heavy (non-hydrogen) atoms. The standard InChI is InChI=1S/C18H18BrNO/c1-18(2)10-13(9-14(21)11-18)20-16-8-7-12-5-3-4-6-15(12)17(16)19/h3-9,20H,10-11H2,1-2H3. The summed E-state index contributed by atoms with van der Waals surface area (Å²) in [6.07, 6.45) is 3.25. The molecule has 2 aromatic carbocycles. The van der Waals surface area contributed by atoms with Crippen molar-refractivity contribution in [2.24, 2.45) is 5.41 Å². The first-order chi connectivity index (χ1) is 9.94. The molecule has 0 amide bonds. The summed E-state index contributed by atoms with van der Waals surface area (Å²) >= 11 is 3.68. The molecule has 108 valence electrons. The largest absolute Gasteiger partial charge is 0.358 e. The Balaban J connectivity index is 1.95. The van der Waals surface area contributed by atoms with Gasteiger partial charge in [-0.15, -0.1) is 0 Å². The Morgan fingerprint density at radius 3 is 2.62 bits per heavy atom. The van der Waals surface area contributed by atoms with Crippen molar-refractivity contribution in [3.8, 4) is 0 Å². The second-order valence-electron chi connectivity index (χ2n) is 6.43. The normalized spacial score (nSPS) is 17.7. The molecule has 0 radical (unpaired) electrons. The molecule has 0 saturated carbocycles. The smallest absolute Gasteiger partial charge is 0.157 e. The van der Waals surface area contributed by atoms with Crippen molar-refractivity contribution in [3.05, 3.63) is 52.6 Å². The Hall–Kier alpha value is -1.61. The van der Waals surface area contributed by atoms with Crippen LogP contribution in [0, 0.1) is 5.41 Å². The number of hydrogen-bond donors (Lipinski definition) is 1. The van der Waals surface area contributed by atoms with Crippen LogP contribution in [-0.2, 0) is 4.79 Å². The lowest BCUT2D eigenvalue weighted by Gasteiger charge is -2.29. The Kier molecular flexibility index (Phi) is 3.62. The van der Waals surface area contributed by atoms with Gasteiger partial charge in [0.25, 0.3) is 0 Å². The summed E-state index contributed by atoms with van der Waals surface area (Å²) in [6.45, 7) is 4.27. The minimum atomic E-state index is 0.0253. The highest BCUT2D eigenvalue weighted by atomic mass is 79.9. The first-order valence-electron chi connectivity index (χ1n) is 7.12. The van der Waals surface area contributed by atoms with E-state index in [1.165, 1.54) is 10.8 Å². The number of allylic oxidation sites excluding steroid dienone is 2. The summed E-state index contributed by atoms with van der Waals surface area (Å²) in [6, 6.07) is 12.4. The average Bonchev–Trinajstić information content (AvgIpc) is 2.40. The van der Waals surface area contributed by atoms with Crippen LogP contribution in [-0.4, -0.2) is 5.78 Å². The van der Waals surface area contributed by atoms with Crippen molar-refractivity contribution in [1.82, 2.24) is 0 Å². The fourth-order valence-corrected chi connectivity index (χ4v) is 3.52. The molecule has 1 aliphatic carbocycles. The summed E-state index contributed by atoms with van der Waals surface area (Å²) in [7, 11) is 0. The number of hydrogen-bond acceptors (Lipinski definition) is 2. The highest BCUT2D eigenvalue weighted by Gasteiger charge is 2.27. The van der Waals surface area contributed by atoms with Gasteiger partial charge in [0, 0.05) is 22.7 Å². The minimum absolute atomic E-state index is 0.0253. The highest BCUT2D eigenvalue weighted by Crippen LogP contribution is 2.37. The summed E-state index contributed by atoms with van der Waals surface area (Å²) in [4.78, 5) is 11.8. The summed E-state index contributed by atoms with van der Waals surface area (Å²) in [5, 5.41) is 5.79. The van der Waals surface area contributed by atoms with Gasteiger partial charge in [-0.1, -0.05) is 44.2 Å². The van der Waals surface area contributed by atoms with Gasteiger partial charge in [-0.3, -0.25) is 4.79 Å². The van der Waals surface area contributed by atoms with Crippen LogP contribution in [0.25, 0.3) is 10.8 Å². The summed E-state index contributed by atoms with van der Waals surface area (Å²) in [5.74, 6) is 0.200.